The highest BCUT2D eigenvalue weighted by Crippen LogP contribution is 2.53. The van der Waals surface area contributed by atoms with Gasteiger partial charge in [-0.25, -0.2) is 0 Å². The van der Waals surface area contributed by atoms with Gasteiger partial charge in [-0.05, 0) is 37.1 Å². The topological polar surface area (TPSA) is 101 Å². The largest absolute Gasteiger partial charge is 0.480 e. The summed E-state index contributed by atoms with van der Waals surface area (Å²) < 4.78 is 5.87. The van der Waals surface area contributed by atoms with Gasteiger partial charge in [-0.1, -0.05) is 17.8 Å². The maximum Gasteiger partial charge on any atom is 0.411 e. The van der Waals surface area contributed by atoms with E-state index in [0.29, 0.717) is 16.9 Å². The van der Waals surface area contributed by atoms with Gasteiger partial charge in [-0.15, -0.1) is 9.78 Å². The van der Waals surface area contributed by atoms with Gasteiger partial charge in [0, 0.05) is 15.4 Å². The number of fused-ring (bicyclic) bond motifs is 2. The summed E-state index contributed by atoms with van der Waals surface area (Å²) in [5.74, 6) is -2.21. The Labute approximate surface area is 141 Å². The summed E-state index contributed by atoms with van der Waals surface area (Å²) in [6.45, 7) is -0.444. The first-order valence-corrected chi connectivity index (χ1v) is 8.17. The van der Waals surface area contributed by atoms with E-state index in [4.69, 9.17) is 19.6 Å². The molecule has 1 spiro atoms. The molecule has 1 aromatic rings. The molecule has 1 saturated heterocycles. The Bertz CT molecular complexity index is 796. The van der Waals surface area contributed by atoms with Crippen molar-refractivity contribution in [2.75, 3.05) is 6.54 Å². The van der Waals surface area contributed by atoms with Crippen LogP contribution in [0.2, 0.25) is 0 Å². The van der Waals surface area contributed by atoms with Crippen molar-refractivity contribution in [3.05, 3.63) is 52.1 Å². The van der Waals surface area contributed by atoms with Gasteiger partial charge < -0.3 is 15.2 Å². The Kier molecular flexibility index (Phi) is 3.60. The number of carbonyl (C=O) groups is 2. The van der Waals surface area contributed by atoms with E-state index in [9.17, 15) is 9.59 Å². The number of benzene rings is 1. The van der Waals surface area contributed by atoms with Crippen molar-refractivity contribution in [2.45, 2.75) is 23.7 Å². The lowest BCUT2D eigenvalue weighted by molar-refractivity contribution is -0.135. The van der Waals surface area contributed by atoms with Crippen molar-refractivity contribution >= 4 is 23.6 Å². The van der Waals surface area contributed by atoms with Crippen LogP contribution in [0.3, 0.4) is 0 Å². The van der Waals surface area contributed by atoms with Crippen LogP contribution in [0.25, 0.3) is 0 Å². The minimum atomic E-state index is -1.33. The first kappa shape index (κ1) is 15.3. The van der Waals surface area contributed by atoms with Crippen LogP contribution in [0.15, 0.2) is 45.9 Å². The molecule has 7 nitrogen and oxygen atoms in total. The normalized spacial score (nSPS) is 19.8. The first-order valence-electron chi connectivity index (χ1n) is 7.35. The van der Waals surface area contributed by atoms with E-state index in [-0.39, 0.29) is 0 Å². The molecule has 0 atom stereocenters. The smallest absolute Gasteiger partial charge is 0.411 e. The highest BCUT2D eigenvalue weighted by atomic mass is 32.2. The van der Waals surface area contributed by atoms with Crippen molar-refractivity contribution in [1.82, 2.24) is 5.32 Å². The Morgan fingerprint density at radius 3 is 2.92 bits per heavy atom. The summed E-state index contributed by atoms with van der Waals surface area (Å²) in [5.41, 5.74) is 0.909. The maximum atomic E-state index is 12.1. The SMILES string of the molecule is O=C(O)CNC(=O)c1ccc2c(c1)C1(OO1)OC1=C(CCC=C1)S2. The summed E-state index contributed by atoms with van der Waals surface area (Å²) in [7, 11) is 0. The second kappa shape index (κ2) is 5.66. The number of ether oxygens (including phenoxy) is 1. The van der Waals surface area contributed by atoms with Crippen molar-refractivity contribution in [2.24, 2.45) is 0 Å². The molecule has 0 aromatic heterocycles. The molecule has 0 unspecified atom stereocenters. The number of hydrogen-bond acceptors (Lipinski definition) is 6. The standard InChI is InChI=1S/C16H13NO6S/c18-14(19)8-17-15(20)9-5-6-12-10(7-9)16(22-23-16)21-11-3-1-2-4-13(11)24-12/h1,3,5-7H,2,4,8H2,(H,17,20)(H,18,19). The summed E-state index contributed by atoms with van der Waals surface area (Å²) in [6.07, 6.45) is 5.73. The van der Waals surface area contributed by atoms with E-state index in [1.54, 1.807) is 30.0 Å². The van der Waals surface area contributed by atoms with Gasteiger partial charge in [0.15, 0.2) is 0 Å². The van der Waals surface area contributed by atoms with E-state index in [0.717, 1.165) is 22.6 Å². The quantitative estimate of drug-likeness (QED) is 0.639. The molecule has 3 aliphatic rings. The van der Waals surface area contributed by atoms with Crippen molar-refractivity contribution in [3.63, 3.8) is 0 Å². The van der Waals surface area contributed by atoms with Crippen LogP contribution in [0.5, 0.6) is 0 Å². The number of aliphatic carboxylic acids is 1. The second-order valence-electron chi connectivity index (χ2n) is 5.44. The van der Waals surface area contributed by atoms with Crippen LogP contribution in [-0.2, 0) is 25.3 Å². The molecule has 4 rings (SSSR count). The molecule has 1 aromatic carbocycles. The Balaban J connectivity index is 1.66. The third-order valence-electron chi connectivity index (χ3n) is 3.77. The van der Waals surface area contributed by atoms with Gasteiger partial charge in [0.1, 0.15) is 12.3 Å². The number of allylic oxidation sites excluding steroid dienone is 3. The predicted molar refractivity (Wildman–Crippen MR) is 82.6 cm³/mol. The fourth-order valence-electron chi connectivity index (χ4n) is 2.56. The lowest BCUT2D eigenvalue weighted by Crippen LogP contribution is -2.29. The number of rotatable bonds is 3. The average Bonchev–Trinajstić information content (AvgIpc) is 3.37. The number of hydrogen-bond donors (Lipinski definition) is 2. The number of carbonyl (C=O) groups excluding carboxylic acids is 1. The number of thioether (sulfide) groups is 1. The molecule has 2 N–H and O–H groups in total. The van der Waals surface area contributed by atoms with E-state index >= 15 is 0 Å². The molecule has 0 bridgehead atoms. The van der Waals surface area contributed by atoms with E-state index in [1.807, 2.05) is 12.2 Å². The van der Waals surface area contributed by atoms with Crippen LogP contribution in [0.4, 0.5) is 0 Å². The molecule has 1 amide bonds. The van der Waals surface area contributed by atoms with Gasteiger partial charge in [0.2, 0.25) is 0 Å². The zero-order valence-electron chi connectivity index (χ0n) is 12.4. The zero-order chi connectivity index (χ0) is 16.7. The average molecular weight is 347 g/mol. The van der Waals surface area contributed by atoms with Crippen molar-refractivity contribution in [1.29, 1.82) is 0 Å². The van der Waals surface area contributed by atoms with E-state index < -0.39 is 24.4 Å². The molecule has 0 saturated carbocycles. The molecule has 124 valence electrons. The van der Waals surface area contributed by atoms with E-state index in [1.165, 1.54) is 0 Å². The highest BCUT2D eigenvalue weighted by molar-refractivity contribution is 8.03. The van der Waals surface area contributed by atoms with Gasteiger partial charge in [-0.3, -0.25) is 9.59 Å². The zero-order valence-corrected chi connectivity index (χ0v) is 13.2. The molecule has 1 aliphatic carbocycles. The first-order chi connectivity index (χ1) is 11.6. The monoisotopic (exact) mass is 347 g/mol. The summed E-state index contributed by atoms with van der Waals surface area (Å²) in [5, 5.41) is 11.0. The lowest BCUT2D eigenvalue weighted by Gasteiger charge is -2.13. The minimum absolute atomic E-state index is 0.313. The van der Waals surface area contributed by atoms with Crippen LogP contribution in [-0.4, -0.2) is 23.5 Å². The van der Waals surface area contributed by atoms with Crippen LogP contribution >= 0.6 is 11.8 Å². The van der Waals surface area contributed by atoms with Crippen molar-refractivity contribution < 1.29 is 29.2 Å². The fraction of sp³-hybridized carbons (Fsp3) is 0.250. The Hall–Kier alpha value is -2.29. The maximum absolute atomic E-state index is 12.1. The molecule has 1 fully saturated rings. The van der Waals surface area contributed by atoms with Crippen LogP contribution in [0, 0.1) is 0 Å². The predicted octanol–water partition coefficient (Wildman–Crippen LogP) is 2.26. The molecule has 24 heavy (non-hydrogen) atoms. The summed E-state index contributed by atoms with van der Waals surface area (Å²) >= 11 is 1.56. The molecule has 2 aliphatic heterocycles. The number of nitrogens with one attached hydrogen (secondary N) is 1. The van der Waals surface area contributed by atoms with Crippen LogP contribution < -0.4 is 5.32 Å². The molecular weight excluding hydrogens is 334 g/mol. The van der Waals surface area contributed by atoms with Crippen LogP contribution in [0.1, 0.15) is 28.8 Å². The number of amides is 1. The Morgan fingerprint density at radius 1 is 1.33 bits per heavy atom. The highest BCUT2D eigenvalue weighted by Gasteiger charge is 2.58. The van der Waals surface area contributed by atoms with Gasteiger partial charge >= 0.3 is 11.9 Å². The van der Waals surface area contributed by atoms with E-state index in [2.05, 4.69) is 5.32 Å². The molecular formula is C16H13NO6S. The third kappa shape index (κ3) is 2.68. The molecule has 0 radical (unpaired) electrons. The second-order valence-corrected chi connectivity index (χ2v) is 6.58. The minimum Gasteiger partial charge on any atom is -0.480 e. The number of carboxylic acid groups (broad SMARTS) is 1. The fourth-order valence-corrected chi connectivity index (χ4v) is 3.69. The molecule has 2 heterocycles. The lowest BCUT2D eigenvalue weighted by atomic mass is 10.1. The Morgan fingerprint density at radius 2 is 2.17 bits per heavy atom. The van der Waals surface area contributed by atoms with Gasteiger partial charge in [0.05, 0.1) is 5.56 Å². The van der Waals surface area contributed by atoms with Gasteiger partial charge in [-0.2, -0.15) is 0 Å². The summed E-state index contributed by atoms with van der Waals surface area (Å²) in [6, 6.07) is 5.04. The molecule has 8 heteroatoms. The number of carboxylic acids is 1. The summed E-state index contributed by atoms with van der Waals surface area (Å²) in [4.78, 5) is 34.8. The van der Waals surface area contributed by atoms with Gasteiger partial charge in [0.25, 0.3) is 5.91 Å². The van der Waals surface area contributed by atoms with Crippen molar-refractivity contribution in [3.8, 4) is 0 Å². The third-order valence-corrected chi connectivity index (χ3v) is 4.99.